The number of methoxy groups -OCH3 is 2. The van der Waals surface area contributed by atoms with Gasteiger partial charge in [0.25, 0.3) is 0 Å². The molecule has 144 valence electrons. The number of amides is 1. The summed E-state index contributed by atoms with van der Waals surface area (Å²) in [5, 5.41) is 3.28. The van der Waals surface area contributed by atoms with Gasteiger partial charge in [-0.05, 0) is 56.3 Å². The quantitative estimate of drug-likeness (QED) is 0.843. The smallest absolute Gasteiger partial charge is 0.234 e. The molecule has 1 saturated heterocycles. The number of carbonyl (C=O) groups excluding carboxylic acids is 1. The van der Waals surface area contributed by atoms with Gasteiger partial charge in [0.05, 0.1) is 20.8 Å². The van der Waals surface area contributed by atoms with E-state index in [9.17, 15) is 4.79 Å². The van der Waals surface area contributed by atoms with E-state index in [1.807, 2.05) is 18.2 Å². The average Bonchev–Trinajstić information content (AvgIpc) is 3.10. The summed E-state index contributed by atoms with van der Waals surface area (Å²) in [6.07, 6.45) is 6.98. The highest BCUT2D eigenvalue weighted by Gasteiger charge is 2.31. The summed E-state index contributed by atoms with van der Waals surface area (Å²) in [6, 6.07) is 6.45. The Morgan fingerprint density at radius 1 is 1.15 bits per heavy atom. The standard InChI is InChI=1S/C21H32N2O3/c1-15-7-4-5-8-18(15)22-21(24)14-23-12-6-9-19(23)17-13-16(25-2)10-11-20(17)26-3/h10-11,13,15,18-19H,4-9,12,14H2,1-3H3,(H,22,24)/t15-,18+,19-/m0/s1. The Labute approximate surface area is 157 Å². The monoisotopic (exact) mass is 360 g/mol. The van der Waals surface area contributed by atoms with Gasteiger partial charge >= 0.3 is 0 Å². The molecule has 5 nitrogen and oxygen atoms in total. The second-order valence-corrected chi connectivity index (χ2v) is 7.67. The van der Waals surface area contributed by atoms with Gasteiger partial charge in [-0.15, -0.1) is 0 Å². The van der Waals surface area contributed by atoms with Gasteiger partial charge in [-0.1, -0.05) is 19.8 Å². The van der Waals surface area contributed by atoms with Gasteiger partial charge in [-0.25, -0.2) is 0 Å². The second kappa shape index (κ2) is 8.76. The maximum absolute atomic E-state index is 12.7. The average molecular weight is 360 g/mol. The van der Waals surface area contributed by atoms with Crippen LogP contribution in [0.1, 0.15) is 57.1 Å². The molecule has 3 rings (SSSR count). The number of hydrogen-bond donors (Lipinski definition) is 1. The molecule has 1 aromatic carbocycles. The SMILES string of the molecule is COc1ccc(OC)c([C@@H]2CCCN2CC(=O)N[C@@H]2CCCC[C@@H]2C)c1. The maximum Gasteiger partial charge on any atom is 0.234 e. The molecule has 0 bridgehead atoms. The van der Waals surface area contributed by atoms with Gasteiger partial charge in [0.15, 0.2) is 0 Å². The molecule has 1 N–H and O–H groups in total. The Kier molecular flexibility index (Phi) is 6.41. The van der Waals surface area contributed by atoms with Crippen LogP contribution >= 0.6 is 0 Å². The number of ether oxygens (including phenoxy) is 2. The third kappa shape index (κ3) is 4.32. The first kappa shape index (κ1) is 19.0. The van der Waals surface area contributed by atoms with E-state index >= 15 is 0 Å². The van der Waals surface area contributed by atoms with Crippen LogP contribution in [-0.2, 0) is 4.79 Å². The van der Waals surface area contributed by atoms with Gasteiger partial charge < -0.3 is 14.8 Å². The van der Waals surface area contributed by atoms with Crippen molar-refractivity contribution in [2.45, 2.75) is 57.5 Å². The Bertz CT molecular complexity index is 619. The molecule has 1 amide bonds. The topological polar surface area (TPSA) is 50.8 Å². The number of carbonyl (C=O) groups is 1. The van der Waals surface area contributed by atoms with Crippen LogP contribution in [0.5, 0.6) is 11.5 Å². The highest BCUT2D eigenvalue weighted by Crippen LogP contribution is 2.38. The van der Waals surface area contributed by atoms with Crippen molar-refractivity contribution in [2.24, 2.45) is 5.92 Å². The lowest BCUT2D eigenvalue weighted by Crippen LogP contribution is -2.45. The molecule has 1 aliphatic carbocycles. The Balaban J connectivity index is 1.67. The number of rotatable bonds is 6. The van der Waals surface area contributed by atoms with E-state index in [0.29, 0.717) is 18.5 Å². The predicted molar refractivity (Wildman–Crippen MR) is 103 cm³/mol. The molecule has 0 spiro atoms. The zero-order chi connectivity index (χ0) is 18.5. The number of likely N-dealkylation sites (tertiary alicyclic amines) is 1. The number of nitrogens with one attached hydrogen (secondary N) is 1. The number of hydrogen-bond acceptors (Lipinski definition) is 4. The number of benzene rings is 1. The highest BCUT2D eigenvalue weighted by molar-refractivity contribution is 5.78. The van der Waals surface area contributed by atoms with Gasteiger partial charge in [0.2, 0.25) is 5.91 Å². The fourth-order valence-electron chi connectivity index (χ4n) is 4.43. The van der Waals surface area contributed by atoms with Gasteiger partial charge in [0, 0.05) is 17.6 Å². The van der Waals surface area contributed by atoms with Crippen molar-refractivity contribution < 1.29 is 14.3 Å². The van der Waals surface area contributed by atoms with Gasteiger partial charge in [-0.3, -0.25) is 9.69 Å². The summed E-state index contributed by atoms with van der Waals surface area (Å²) in [6.45, 7) is 3.65. The normalized spacial score (nSPS) is 26.5. The molecule has 5 heteroatoms. The van der Waals surface area contributed by atoms with Crippen molar-refractivity contribution in [3.05, 3.63) is 23.8 Å². The van der Waals surface area contributed by atoms with E-state index in [1.165, 1.54) is 19.3 Å². The molecule has 26 heavy (non-hydrogen) atoms. The lowest BCUT2D eigenvalue weighted by atomic mass is 9.86. The third-order valence-electron chi connectivity index (χ3n) is 5.96. The van der Waals surface area contributed by atoms with Crippen LogP contribution in [0.25, 0.3) is 0 Å². The van der Waals surface area contributed by atoms with E-state index < -0.39 is 0 Å². The van der Waals surface area contributed by atoms with Crippen LogP contribution < -0.4 is 14.8 Å². The van der Waals surface area contributed by atoms with E-state index in [0.717, 1.165) is 42.9 Å². The molecule has 3 atom stereocenters. The van der Waals surface area contributed by atoms with Crippen LogP contribution in [0.4, 0.5) is 0 Å². The predicted octanol–water partition coefficient (Wildman–Crippen LogP) is 3.54. The van der Waals surface area contributed by atoms with Crippen molar-refractivity contribution >= 4 is 5.91 Å². The molecule has 1 aliphatic heterocycles. The minimum atomic E-state index is 0.150. The van der Waals surface area contributed by atoms with Crippen molar-refractivity contribution in [3.63, 3.8) is 0 Å². The molecule has 0 unspecified atom stereocenters. The molecule has 2 aliphatic rings. The zero-order valence-electron chi connectivity index (χ0n) is 16.3. The van der Waals surface area contributed by atoms with E-state index in [-0.39, 0.29) is 11.9 Å². The summed E-state index contributed by atoms with van der Waals surface area (Å²) in [5.41, 5.74) is 1.11. The van der Waals surface area contributed by atoms with Gasteiger partial charge in [-0.2, -0.15) is 0 Å². The molecule has 1 aromatic rings. The fourth-order valence-corrected chi connectivity index (χ4v) is 4.43. The summed E-state index contributed by atoms with van der Waals surface area (Å²) < 4.78 is 11.0. The summed E-state index contributed by atoms with van der Waals surface area (Å²) in [5.74, 6) is 2.43. The van der Waals surface area contributed by atoms with Crippen molar-refractivity contribution in [1.82, 2.24) is 10.2 Å². The van der Waals surface area contributed by atoms with Gasteiger partial charge in [0.1, 0.15) is 11.5 Å². The van der Waals surface area contributed by atoms with Crippen LogP contribution in [0.15, 0.2) is 18.2 Å². The first-order valence-corrected chi connectivity index (χ1v) is 9.87. The molecule has 0 aromatic heterocycles. The zero-order valence-corrected chi connectivity index (χ0v) is 16.3. The van der Waals surface area contributed by atoms with Crippen LogP contribution in [0.2, 0.25) is 0 Å². The molecule has 2 fully saturated rings. The molecule has 1 saturated carbocycles. The second-order valence-electron chi connectivity index (χ2n) is 7.67. The Morgan fingerprint density at radius 2 is 1.96 bits per heavy atom. The minimum absolute atomic E-state index is 0.150. The molecular weight excluding hydrogens is 328 g/mol. The Morgan fingerprint density at radius 3 is 2.69 bits per heavy atom. The van der Waals surface area contributed by atoms with E-state index in [2.05, 4.69) is 17.1 Å². The van der Waals surface area contributed by atoms with E-state index in [1.54, 1.807) is 14.2 Å². The van der Waals surface area contributed by atoms with E-state index in [4.69, 9.17) is 9.47 Å². The Hall–Kier alpha value is -1.75. The summed E-state index contributed by atoms with van der Waals surface area (Å²) >= 11 is 0. The molecular formula is C21H32N2O3. The summed E-state index contributed by atoms with van der Waals surface area (Å²) in [4.78, 5) is 14.9. The summed E-state index contributed by atoms with van der Waals surface area (Å²) in [7, 11) is 3.37. The van der Waals surface area contributed by atoms with Crippen LogP contribution in [0, 0.1) is 5.92 Å². The third-order valence-corrected chi connectivity index (χ3v) is 5.96. The maximum atomic E-state index is 12.7. The van der Waals surface area contributed by atoms with Crippen molar-refractivity contribution in [1.29, 1.82) is 0 Å². The lowest BCUT2D eigenvalue weighted by molar-refractivity contribution is -0.123. The fraction of sp³-hybridized carbons (Fsp3) is 0.667. The van der Waals surface area contributed by atoms with Crippen molar-refractivity contribution in [2.75, 3.05) is 27.3 Å². The first-order chi connectivity index (χ1) is 12.6. The minimum Gasteiger partial charge on any atom is -0.497 e. The lowest BCUT2D eigenvalue weighted by Gasteiger charge is -2.31. The largest absolute Gasteiger partial charge is 0.497 e. The van der Waals surface area contributed by atoms with Crippen molar-refractivity contribution in [3.8, 4) is 11.5 Å². The first-order valence-electron chi connectivity index (χ1n) is 9.87. The van der Waals surface area contributed by atoms with Crippen LogP contribution in [0.3, 0.4) is 0 Å². The highest BCUT2D eigenvalue weighted by atomic mass is 16.5. The van der Waals surface area contributed by atoms with Crippen LogP contribution in [-0.4, -0.2) is 44.2 Å². The molecule has 1 heterocycles. The molecule has 0 radical (unpaired) electrons. The number of nitrogens with zero attached hydrogens (tertiary/aromatic N) is 1.